The van der Waals surface area contributed by atoms with Crippen LogP contribution in [0.4, 0.5) is 0 Å². The fraction of sp³-hybridized carbons (Fsp3) is 0.444. The number of fused-ring (bicyclic) bond motifs is 1. The largest absolute Gasteiger partial charge is 0.461 e. The zero-order valence-electron chi connectivity index (χ0n) is 19.4. The summed E-state index contributed by atoms with van der Waals surface area (Å²) in [5.41, 5.74) is 1.11. The second-order valence-electron chi connectivity index (χ2n) is 10.4. The van der Waals surface area contributed by atoms with Crippen LogP contribution in [0.25, 0.3) is 0 Å². The third-order valence-electron chi connectivity index (χ3n) is 7.42. The van der Waals surface area contributed by atoms with Crippen LogP contribution in [0, 0.1) is 11.3 Å². The predicted octanol–water partition coefficient (Wildman–Crippen LogP) is 4.85. The first-order chi connectivity index (χ1) is 14.7. The van der Waals surface area contributed by atoms with Crippen molar-refractivity contribution in [1.82, 2.24) is 0 Å². The highest BCUT2D eigenvalue weighted by molar-refractivity contribution is 6.99. The normalized spacial score (nSPS) is 26.2. The molecule has 2 aromatic rings. The Bertz CT molecular complexity index is 921. The van der Waals surface area contributed by atoms with Crippen LogP contribution >= 0.6 is 0 Å². The SMILES string of the molecule is CC1=CC[C@@H]2OC(=O)C[C@]2(C)[C@H]1CO[Si](c1ccccc1)(c1ccccc1)C(C)(C)C. The van der Waals surface area contributed by atoms with E-state index in [1.807, 2.05) is 0 Å². The lowest BCUT2D eigenvalue weighted by molar-refractivity contribution is -0.141. The smallest absolute Gasteiger partial charge is 0.306 e. The van der Waals surface area contributed by atoms with Crippen LogP contribution in [0.5, 0.6) is 0 Å². The lowest BCUT2D eigenvalue weighted by atomic mass is 9.65. The molecular formula is C27H34O3Si. The lowest BCUT2D eigenvalue weighted by Gasteiger charge is -2.46. The molecule has 0 bridgehead atoms. The Morgan fingerprint density at radius 3 is 2.10 bits per heavy atom. The molecule has 31 heavy (non-hydrogen) atoms. The fourth-order valence-electron chi connectivity index (χ4n) is 5.67. The van der Waals surface area contributed by atoms with Gasteiger partial charge in [0, 0.05) is 24.4 Å². The maximum Gasteiger partial charge on any atom is 0.306 e. The van der Waals surface area contributed by atoms with Gasteiger partial charge in [-0.1, -0.05) is 100 Å². The van der Waals surface area contributed by atoms with E-state index in [4.69, 9.17) is 9.16 Å². The third-order valence-corrected chi connectivity index (χ3v) is 12.4. The van der Waals surface area contributed by atoms with E-state index in [2.05, 4.69) is 101 Å². The van der Waals surface area contributed by atoms with Gasteiger partial charge in [0.2, 0.25) is 0 Å². The van der Waals surface area contributed by atoms with E-state index in [9.17, 15) is 4.79 Å². The zero-order valence-corrected chi connectivity index (χ0v) is 20.4. The highest BCUT2D eigenvalue weighted by Crippen LogP contribution is 2.50. The molecule has 4 heteroatoms. The minimum absolute atomic E-state index is 0.0450. The van der Waals surface area contributed by atoms with Crippen LogP contribution in [0.15, 0.2) is 72.3 Å². The molecule has 0 amide bonds. The van der Waals surface area contributed by atoms with Crippen molar-refractivity contribution in [3.8, 4) is 0 Å². The minimum Gasteiger partial charge on any atom is -0.461 e. The van der Waals surface area contributed by atoms with Gasteiger partial charge >= 0.3 is 5.97 Å². The van der Waals surface area contributed by atoms with Crippen molar-refractivity contribution in [2.75, 3.05) is 6.61 Å². The second-order valence-corrected chi connectivity index (χ2v) is 14.7. The van der Waals surface area contributed by atoms with E-state index in [0.29, 0.717) is 13.0 Å². The first-order valence-electron chi connectivity index (χ1n) is 11.3. The van der Waals surface area contributed by atoms with E-state index in [0.717, 1.165) is 6.42 Å². The molecule has 0 N–H and O–H groups in total. The van der Waals surface area contributed by atoms with Gasteiger partial charge in [0.25, 0.3) is 8.32 Å². The number of ether oxygens (including phenoxy) is 1. The van der Waals surface area contributed by atoms with Crippen LogP contribution in [-0.4, -0.2) is 27.0 Å². The second kappa shape index (κ2) is 8.07. The lowest BCUT2D eigenvalue weighted by Crippen LogP contribution is -2.67. The minimum atomic E-state index is -2.61. The Hall–Kier alpha value is -2.17. The van der Waals surface area contributed by atoms with Gasteiger partial charge in [-0.3, -0.25) is 4.79 Å². The summed E-state index contributed by atoms with van der Waals surface area (Å²) in [5, 5.41) is 2.50. The first kappa shape index (κ1) is 22.0. The molecule has 4 rings (SSSR count). The standard InChI is InChI=1S/C27H34O3Si/c1-20-16-17-24-27(5,18-25(28)30-24)23(20)19-29-31(26(2,3)4,21-12-8-6-9-13-21)22-14-10-7-11-15-22/h6-16,23-24H,17-19H2,1-5H3/t23-,24-,27+/m0/s1. The summed E-state index contributed by atoms with van der Waals surface area (Å²) in [6.07, 6.45) is 3.47. The first-order valence-corrected chi connectivity index (χ1v) is 13.2. The third kappa shape index (κ3) is 3.70. The van der Waals surface area contributed by atoms with Crippen molar-refractivity contribution >= 4 is 24.7 Å². The molecule has 3 atom stereocenters. The summed E-state index contributed by atoms with van der Waals surface area (Å²) < 4.78 is 12.9. The number of carbonyl (C=O) groups is 1. The van der Waals surface area contributed by atoms with Gasteiger partial charge in [-0.05, 0) is 22.3 Å². The van der Waals surface area contributed by atoms with Crippen LogP contribution in [0.1, 0.15) is 47.5 Å². The Kier molecular flexibility index (Phi) is 5.73. The number of carbonyl (C=O) groups excluding carboxylic acids is 1. The molecule has 1 aliphatic heterocycles. The predicted molar refractivity (Wildman–Crippen MR) is 128 cm³/mol. The summed E-state index contributed by atoms with van der Waals surface area (Å²) in [6, 6.07) is 21.5. The molecule has 3 nitrogen and oxygen atoms in total. The Morgan fingerprint density at radius 2 is 1.58 bits per heavy atom. The summed E-state index contributed by atoms with van der Waals surface area (Å²) in [7, 11) is -2.61. The molecule has 0 radical (unpaired) electrons. The number of esters is 1. The topological polar surface area (TPSA) is 35.5 Å². The fourth-order valence-corrected chi connectivity index (χ4v) is 10.2. The van der Waals surface area contributed by atoms with E-state index in [1.165, 1.54) is 15.9 Å². The van der Waals surface area contributed by atoms with Crippen molar-refractivity contribution in [2.45, 2.75) is 58.6 Å². The van der Waals surface area contributed by atoms with Crippen LogP contribution in [-0.2, 0) is 14.0 Å². The van der Waals surface area contributed by atoms with Gasteiger partial charge in [-0.15, -0.1) is 0 Å². The van der Waals surface area contributed by atoms with E-state index >= 15 is 0 Å². The van der Waals surface area contributed by atoms with Crippen molar-refractivity contribution in [3.63, 3.8) is 0 Å². The highest BCUT2D eigenvalue weighted by atomic mass is 28.4. The van der Waals surface area contributed by atoms with Crippen molar-refractivity contribution in [1.29, 1.82) is 0 Å². The van der Waals surface area contributed by atoms with Gasteiger partial charge in [0.15, 0.2) is 0 Å². The summed E-state index contributed by atoms with van der Waals surface area (Å²) in [5.74, 6) is 0.0883. The number of hydrogen-bond donors (Lipinski definition) is 0. The van der Waals surface area contributed by atoms with Crippen molar-refractivity contribution in [3.05, 3.63) is 72.3 Å². The molecule has 164 valence electrons. The summed E-state index contributed by atoms with van der Waals surface area (Å²) >= 11 is 0. The van der Waals surface area contributed by atoms with E-state index < -0.39 is 8.32 Å². The average Bonchev–Trinajstić information content (AvgIpc) is 3.04. The number of hydrogen-bond acceptors (Lipinski definition) is 3. The maximum atomic E-state index is 12.2. The van der Waals surface area contributed by atoms with Gasteiger partial charge < -0.3 is 9.16 Å². The van der Waals surface area contributed by atoms with Gasteiger partial charge in [0.05, 0.1) is 6.42 Å². The monoisotopic (exact) mass is 434 g/mol. The molecule has 1 aliphatic carbocycles. The summed E-state index contributed by atoms with van der Waals surface area (Å²) in [4.78, 5) is 12.2. The maximum absolute atomic E-state index is 12.2. The van der Waals surface area contributed by atoms with Gasteiger partial charge in [-0.25, -0.2) is 0 Å². The molecule has 0 saturated carbocycles. The van der Waals surface area contributed by atoms with Crippen LogP contribution in [0.3, 0.4) is 0 Å². The summed E-state index contributed by atoms with van der Waals surface area (Å²) in [6.45, 7) is 11.9. The Morgan fingerprint density at radius 1 is 1.03 bits per heavy atom. The molecule has 1 fully saturated rings. The average molecular weight is 435 g/mol. The molecule has 2 aromatic carbocycles. The molecular weight excluding hydrogens is 400 g/mol. The van der Waals surface area contributed by atoms with Crippen molar-refractivity contribution in [2.24, 2.45) is 11.3 Å². The molecule has 0 unspecified atom stereocenters. The quantitative estimate of drug-likeness (QED) is 0.383. The Labute approximate surface area is 187 Å². The van der Waals surface area contributed by atoms with Crippen molar-refractivity contribution < 1.29 is 14.0 Å². The molecule has 0 aromatic heterocycles. The van der Waals surface area contributed by atoms with Crippen LogP contribution in [0.2, 0.25) is 5.04 Å². The highest BCUT2D eigenvalue weighted by Gasteiger charge is 2.55. The number of rotatable bonds is 5. The molecule has 0 spiro atoms. The molecule has 1 heterocycles. The van der Waals surface area contributed by atoms with E-state index in [1.54, 1.807) is 0 Å². The number of benzene rings is 2. The van der Waals surface area contributed by atoms with Crippen LogP contribution < -0.4 is 10.4 Å². The Balaban J connectivity index is 1.78. The van der Waals surface area contributed by atoms with Gasteiger partial charge in [-0.2, -0.15) is 0 Å². The van der Waals surface area contributed by atoms with Gasteiger partial charge in [0.1, 0.15) is 6.10 Å². The molecule has 1 saturated heterocycles. The zero-order chi connectivity index (χ0) is 22.3. The molecule has 2 aliphatic rings. The van der Waals surface area contributed by atoms with E-state index in [-0.39, 0.29) is 28.4 Å².